The molecule has 20 heavy (non-hydrogen) atoms. The third kappa shape index (κ3) is 3.42. The molecule has 1 heterocycles. The molecular formula is C14H27N3O3. The maximum atomic E-state index is 12.7. The number of carbonyl (C=O) groups is 2. The molecule has 2 amide bonds. The quantitative estimate of drug-likeness (QED) is 0.800. The van der Waals surface area contributed by atoms with Gasteiger partial charge in [0.15, 0.2) is 0 Å². The van der Waals surface area contributed by atoms with E-state index in [0.717, 1.165) is 25.9 Å². The Hall–Kier alpha value is -1.30. The van der Waals surface area contributed by atoms with Crippen molar-refractivity contribution in [1.29, 1.82) is 0 Å². The van der Waals surface area contributed by atoms with Gasteiger partial charge in [-0.15, -0.1) is 0 Å². The van der Waals surface area contributed by atoms with Gasteiger partial charge in [0.25, 0.3) is 0 Å². The Morgan fingerprint density at radius 1 is 1.20 bits per heavy atom. The van der Waals surface area contributed by atoms with Gasteiger partial charge in [-0.3, -0.25) is 0 Å². The fourth-order valence-corrected chi connectivity index (χ4v) is 2.71. The summed E-state index contributed by atoms with van der Waals surface area (Å²) in [5.41, 5.74) is -1.19. The van der Waals surface area contributed by atoms with Crippen LogP contribution in [0.25, 0.3) is 0 Å². The number of nitrogens with zero attached hydrogens (tertiary/aromatic N) is 2. The van der Waals surface area contributed by atoms with Gasteiger partial charge in [0.1, 0.15) is 5.54 Å². The topological polar surface area (TPSA) is 72.9 Å². The molecule has 6 heteroatoms. The normalized spacial score (nSPS) is 16.8. The molecule has 6 nitrogen and oxygen atoms in total. The zero-order chi connectivity index (χ0) is 15.3. The lowest BCUT2D eigenvalue weighted by molar-refractivity contribution is -0.147. The van der Waals surface area contributed by atoms with Crippen molar-refractivity contribution >= 4 is 12.0 Å². The zero-order valence-electron chi connectivity index (χ0n) is 13.0. The minimum atomic E-state index is -1.19. The summed E-state index contributed by atoms with van der Waals surface area (Å²) in [7, 11) is 0. The maximum absolute atomic E-state index is 12.7. The van der Waals surface area contributed by atoms with Crippen LogP contribution in [0.3, 0.4) is 0 Å². The number of aliphatic carboxylic acids is 1. The number of amides is 2. The lowest BCUT2D eigenvalue weighted by Crippen LogP contribution is -2.59. The van der Waals surface area contributed by atoms with E-state index >= 15 is 0 Å². The fourth-order valence-electron chi connectivity index (χ4n) is 2.71. The van der Waals surface area contributed by atoms with Crippen LogP contribution in [0.2, 0.25) is 0 Å². The van der Waals surface area contributed by atoms with Gasteiger partial charge < -0.3 is 20.2 Å². The second kappa shape index (κ2) is 6.92. The number of carbonyl (C=O) groups excluding carboxylic acids is 1. The highest BCUT2D eigenvalue weighted by molar-refractivity contribution is 5.85. The summed E-state index contributed by atoms with van der Waals surface area (Å²) in [4.78, 5) is 27.4. The number of piperidine rings is 1. The van der Waals surface area contributed by atoms with Crippen LogP contribution in [-0.4, -0.2) is 64.7 Å². The van der Waals surface area contributed by atoms with Crippen molar-refractivity contribution in [2.24, 2.45) is 0 Å². The zero-order valence-corrected chi connectivity index (χ0v) is 13.0. The van der Waals surface area contributed by atoms with E-state index in [-0.39, 0.29) is 12.1 Å². The largest absolute Gasteiger partial charge is 0.480 e. The smallest absolute Gasteiger partial charge is 0.329 e. The van der Waals surface area contributed by atoms with E-state index in [4.69, 9.17) is 0 Å². The number of nitrogens with one attached hydrogen (secondary N) is 1. The molecule has 1 aliphatic rings. The molecule has 0 radical (unpaired) electrons. The molecule has 0 atom stereocenters. The fraction of sp³-hybridized carbons (Fsp3) is 0.857. The molecule has 0 aromatic rings. The molecule has 0 saturated carbocycles. The predicted molar refractivity (Wildman–Crippen MR) is 77.8 cm³/mol. The molecule has 0 aliphatic carbocycles. The molecule has 1 aliphatic heterocycles. The second-order valence-corrected chi connectivity index (χ2v) is 5.66. The summed E-state index contributed by atoms with van der Waals surface area (Å²) in [6, 6.07) is 0.0293. The van der Waals surface area contributed by atoms with Gasteiger partial charge >= 0.3 is 12.0 Å². The highest BCUT2D eigenvalue weighted by atomic mass is 16.4. The third-order valence-corrected chi connectivity index (χ3v) is 4.08. The monoisotopic (exact) mass is 285 g/mol. The number of hydrogen-bond donors (Lipinski definition) is 2. The summed E-state index contributed by atoms with van der Waals surface area (Å²) in [6.07, 6.45) is 1.84. The molecule has 0 spiro atoms. The van der Waals surface area contributed by atoms with Gasteiger partial charge in [-0.25, -0.2) is 9.59 Å². The van der Waals surface area contributed by atoms with Gasteiger partial charge in [0, 0.05) is 19.1 Å². The molecule has 116 valence electrons. The van der Waals surface area contributed by atoms with Crippen molar-refractivity contribution in [1.82, 2.24) is 15.1 Å². The second-order valence-electron chi connectivity index (χ2n) is 5.66. The van der Waals surface area contributed by atoms with Crippen LogP contribution < -0.4 is 5.32 Å². The number of rotatable bonds is 5. The number of urea groups is 1. The van der Waals surface area contributed by atoms with E-state index in [2.05, 4.69) is 5.32 Å². The van der Waals surface area contributed by atoms with Crippen LogP contribution in [0.1, 0.15) is 40.5 Å². The standard InChI is InChI=1S/C14H27N3O3/c1-5-16(11-7-9-15-10-8-11)13(20)17(6-2)14(3,4)12(18)19/h11,15H,5-10H2,1-4H3,(H,18,19). The number of likely N-dealkylation sites (N-methyl/N-ethyl adjacent to an activating group) is 1. The van der Waals surface area contributed by atoms with E-state index in [0.29, 0.717) is 13.1 Å². The lowest BCUT2D eigenvalue weighted by atomic mass is 10.0. The number of hydrogen-bond acceptors (Lipinski definition) is 3. The predicted octanol–water partition coefficient (Wildman–Crippen LogP) is 1.37. The van der Waals surface area contributed by atoms with Gasteiger partial charge in [0.05, 0.1) is 0 Å². The first-order chi connectivity index (χ1) is 9.36. The van der Waals surface area contributed by atoms with Crippen molar-refractivity contribution in [3.05, 3.63) is 0 Å². The number of carboxylic acids is 1. The molecule has 1 fully saturated rings. The highest BCUT2D eigenvalue weighted by Crippen LogP contribution is 2.20. The Bertz CT molecular complexity index is 352. The SMILES string of the molecule is CCN(C(=O)N(CC)C(C)(C)C(=O)O)C1CCNCC1. The van der Waals surface area contributed by atoms with Gasteiger partial charge in [-0.2, -0.15) is 0 Å². The van der Waals surface area contributed by atoms with E-state index in [9.17, 15) is 14.7 Å². The first-order valence-corrected chi connectivity index (χ1v) is 7.38. The van der Waals surface area contributed by atoms with Crippen LogP contribution in [0, 0.1) is 0 Å². The summed E-state index contributed by atoms with van der Waals surface area (Å²) >= 11 is 0. The van der Waals surface area contributed by atoms with Crippen LogP contribution in [0.15, 0.2) is 0 Å². The average Bonchev–Trinajstić information content (AvgIpc) is 2.41. The molecule has 1 rings (SSSR count). The van der Waals surface area contributed by atoms with Crippen molar-refractivity contribution in [3.63, 3.8) is 0 Å². The molecule has 0 unspecified atom stereocenters. The first kappa shape index (κ1) is 16.8. The molecule has 0 aromatic carbocycles. The van der Waals surface area contributed by atoms with Crippen LogP contribution >= 0.6 is 0 Å². The molecular weight excluding hydrogens is 258 g/mol. The van der Waals surface area contributed by atoms with Gasteiger partial charge in [0.2, 0.25) is 0 Å². The van der Waals surface area contributed by atoms with Crippen molar-refractivity contribution in [2.45, 2.75) is 52.1 Å². The molecule has 0 aromatic heterocycles. The van der Waals surface area contributed by atoms with Crippen LogP contribution in [0.5, 0.6) is 0 Å². The van der Waals surface area contributed by atoms with E-state index in [1.54, 1.807) is 13.8 Å². The third-order valence-electron chi connectivity index (χ3n) is 4.08. The van der Waals surface area contributed by atoms with Crippen LogP contribution in [0.4, 0.5) is 4.79 Å². The van der Waals surface area contributed by atoms with Gasteiger partial charge in [-0.1, -0.05) is 0 Å². The van der Waals surface area contributed by atoms with E-state index in [1.165, 1.54) is 4.90 Å². The van der Waals surface area contributed by atoms with Crippen molar-refractivity contribution in [2.75, 3.05) is 26.2 Å². The minimum Gasteiger partial charge on any atom is -0.480 e. The Labute approximate surface area is 121 Å². The van der Waals surface area contributed by atoms with Crippen molar-refractivity contribution < 1.29 is 14.7 Å². The molecule has 0 bridgehead atoms. The Balaban J connectivity index is 2.89. The first-order valence-electron chi connectivity index (χ1n) is 7.38. The Morgan fingerprint density at radius 2 is 1.75 bits per heavy atom. The van der Waals surface area contributed by atoms with Gasteiger partial charge in [-0.05, 0) is 53.6 Å². The van der Waals surface area contributed by atoms with E-state index in [1.807, 2.05) is 18.7 Å². The van der Waals surface area contributed by atoms with Crippen molar-refractivity contribution in [3.8, 4) is 0 Å². The lowest BCUT2D eigenvalue weighted by Gasteiger charge is -2.41. The summed E-state index contributed by atoms with van der Waals surface area (Å²) < 4.78 is 0. The average molecular weight is 285 g/mol. The minimum absolute atomic E-state index is 0.172. The van der Waals surface area contributed by atoms with Crippen LogP contribution in [-0.2, 0) is 4.79 Å². The summed E-state index contributed by atoms with van der Waals surface area (Å²) in [5.74, 6) is -0.978. The Kier molecular flexibility index (Phi) is 5.80. The maximum Gasteiger partial charge on any atom is 0.329 e. The molecule has 2 N–H and O–H groups in total. The highest BCUT2D eigenvalue weighted by Gasteiger charge is 2.39. The van der Waals surface area contributed by atoms with E-state index < -0.39 is 11.5 Å². The summed E-state index contributed by atoms with van der Waals surface area (Å²) in [5, 5.41) is 12.6. The number of carboxylic acid groups (broad SMARTS) is 1. The Morgan fingerprint density at radius 3 is 2.15 bits per heavy atom. The molecule has 1 saturated heterocycles. The summed E-state index contributed by atoms with van der Waals surface area (Å²) in [6.45, 7) is 9.72.